The summed E-state index contributed by atoms with van der Waals surface area (Å²) < 4.78 is 0. The Hall–Kier alpha value is -1.26. The molecule has 1 fully saturated rings. The predicted molar refractivity (Wildman–Crippen MR) is 73.9 cm³/mol. The summed E-state index contributed by atoms with van der Waals surface area (Å²) in [6.45, 7) is 6.30. The minimum Gasteiger partial charge on any atom is -0.481 e. The molecule has 3 unspecified atom stereocenters. The Kier molecular flexibility index (Phi) is 6.12. The highest BCUT2D eigenvalue weighted by atomic mass is 16.4. The average molecular weight is 270 g/mol. The summed E-state index contributed by atoms with van der Waals surface area (Å²) in [6, 6.07) is 0.0481. The van der Waals surface area contributed by atoms with Gasteiger partial charge in [-0.25, -0.2) is 4.79 Å². The fraction of sp³-hybridized carbons (Fsp3) is 0.857. The zero-order chi connectivity index (χ0) is 14.4. The number of carboxylic acid groups (broad SMARTS) is 1. The highest BCUT2D eigenvalue weighted by Gasteiger charge is 2.37. The van der Waals surface area contributed by atoms with Crippen LogP contribution in [-0.2, 0) is 4.79 Å². The second kappa shape index (κ2) is 7.36. The third kappa shape index (κ3) is 5.94. The van der Waals surface area contributed by atoms with Gasteiger partial charge in [0.2, 0.25) is 0 Å². The first-order valence-electron chi connectivity index (χ1n) is 7.21. The summed E-state index contributed by atoms with van der Waals surface area (Å²) in [6.07, 6.45) is 3.92. The smallest absolute Gasteiger partial charge is 0.315 e. The van der Waals surface area contributed by atoms with Crippen LogP contribution in [0.2, 0.25) is 0 Å². The first kappa shape index (κ1) is 15.8. The van der Waals surface area contributed by atoms with Crippen LogP contribution in [-0.4, -0.2) is 29.7 Å². The largest absolute Gasteiger partial charge is 0.481 e. The van der Waals surface area contributed by atoms with Crippen molar-refractivity contribution < 1.29 is 14.7 Å². The lowest BCUT2D eigenvalue weighted by molar-refractivity contribution is -0.142. The lowest BCUT2D eigenvalue weighted by atomic mass is 9.97. The summed E-state index contributed by atoms with van der Waals surface area (Å²) in [5.74, 6) is -0.425. The summed E-state index contributed by atoms with van der Waals surface area (Å²) >= 11 is 0. The monoisotopic (exact) mass is 270 g/mol. The molecule has 1 saturated carbocycles. The fourth-order valence-electron chi connectivity index (χ4n) is 2.39. The molecule has 0 bridgehead atoms. The van der Waals surface area contributed by atoms with E-state index < -0.39 is 11.9 Å². The standard InChI is InChI=1S/C14H26N2O3/c1-4-5-10-7-12(10)16-14(19)15-8-11(13(17)18)6-9(2)3/h9-12H,4-8H2,1-3H3,(H,17,18)(H2,15,16,19). The van der Waals surface area contributed by atoms with E-state index in [1.807, 2.05) is 13.8 Å². The van der Waals surface area contributed by atoms with Crippen LogP contribution in [0.5, 0.6) is 0 Å². The molecule has 1 aliphatic rings. The molecule has 0 spiro atoms. The molecule has 5 nitrogen and oxygen atoms in total. The lowest BCUT2D eigenvalue weighted by Crippen LogP contribution is -2.41. The predicted octanol–water partition coefficient (Wildman–Crippen LogP) is 2.22. The van der Waals surface area contributed by atoms with Crippen LogP contribution in [0.15, 0.2) is 0 Å². The van der Waals surface area contributed by atoms with Crippen LogP contribution in [0.1, 0.15) is 46.5 Å². The molecule has 0 aromatic carbocycles. The van der Waals surface area contributed by atoms with Crippen molar-refractivity contribution in [2.45, 2.75) is 52.5 Å². The van der Waals surface area contributed by atoms with Crippen molar-refractivity contribution in [2.75, 3.05) is 6.54 Å². The van der Waals surface area contributed by atoms with Gasteiger partial charge in [-0.05, 0) is 31.1 Å². The molecule has 0 radical (unpaired) electrons. The Morgan fingerprint density at radius 3 is 2.58 bits per heavy atom. The van der Waals surface area contributed by atoms with Gasteiger partial charge in [-0.2, -0.15) is 0 Å². The van der Waals surface area contributed by atoms with Crippen LogP contribution in [0, 0.1) is 17.8 Å². The van der Waals surface area contributed by atoms with E-state index in [1.165, 1.54) is 0 Å². The van der Waals surface area contributed by atoms with Crippen molar-refractivity contribution in [2.24, 2.45) is 17.8 Å². The molecule has 0 aromatic rings. The minimum absolute atomic E-state index is 0.199. The third-order valence-electron chi connectivity index (χ3n) is 3.51. The first-order valence-corrected chi connectivity index (χ1v) is 7.21. The van der Waals surface area contributed by atoms with E-state index in [-0.39, 0.29) is 18.6 Å². The Balaban J connectivity index is 2.23. The molecule has 0 heterocycles. The molecule has 1 aliphatic carbocycles. The van der Waals surface area contributed by atoms with Crippen molar-refractivity contribution in [1.29, 1.82) is 0 Å². The highest BCUT2D eigenvalue weighted by molar-refractivity contribution is 5.76. The number of rotatable bonds is 8. The van der Waals surface area contributed by atoms with E-state index in [1.54, 1.807) is 0 Å². The molecule has 0 saturated heterocycles. The molecular formula is C14H26N2O3. The molecule has 2 amide bonds. The van der Waals surface area contributed by atoms with Crippen LogP contribution in [0.4, 0.5) is 4.79 Å². The van der Waals surface area contributed by atoms with Crippen molar-refractivity contribution in [3.63, 3.8) is 0 Å². The third-order valence-corrected chi connectivity index (χ3v) is 3.51. The second-order valence-corrected chi connectivity index (χ2v) is 5.91. The van der Waals surface area contributed by atoms with E-state index in [0.717, 1.165) is 19.3 Å². The Morgan fingerprint density at radius 2 is 2.05 bits per heavy atom. The van der Waals surface area contributed by atoms with Gasteiger partial charge in [-0.3, -0.25) is 4.79 Å². The lowest BCUT2D eigenvalue weighted by Gasteiger charge is -2.15. The minimum atomic E-state index is -0.843. The molecule has 110 valence electrons. The van der Waals surface area contributed by atoms with Crippen molar-refractivity contribution in [3.8, 4) is 0 Å². The maximum Gasteiger partial charge on any atom is 0.315 e. The topological polar surface area (TPSA) is 78.4 Å². The van der Waals surface area contributed by atoms with E-state index in [0.29, 0.717) is 18.3 Å². The Bertz CT molecular complexity index is 318. The van der Waals surface area contributed by atoms with Gasteiger partial charge in [0.05, 0.1) is 5.92 Å². The number of hydrogen-bond donors (Lipinski definition) is 3. The number of hydrogen-bond acceptors (Lipinski definition) is 2. The molecule has 5 heteroatoms. The SMILES string of the molecule is CCCC1CC1NC(=O)NCC(CC(C)C)C(=O)O. The summed E-state index contributed by atoms with van der Waals surface area (Å²) in [5.41, 5.74) is 0. The van der Waals surface area contributed by atoms with Gasteiger partial charge in [0.25, 0.3) is 0 Å². The number of aliphatic carboxylic acids is 1. The summed E-state index contributed by atoms with van der Waals surface area (Å²) in [4.78, 5) is 22.7. The molecule has 1 rings (SSSR count). The first-order chi connectivity index (χ1) is 8.93. The number of amides is 2. The van der Waals surface area contributed by atoms with Crippen molar-refractivity contribution >= 4 is 12.0 Å². The number of nitrogens with one attached hydrogen (secondary N) is 2. The van der Waals surface area contributed by atoms with Gasteiger partial charge in [-0.1, -0.05) is 27.2 Å². The number of carbonyl (C=O) groups excluding carboxylic acids is 1. The molecule has 3 N–H and O–H groups in total. The van der Waals surface area contributed by atoms with Gasteiger partial charge >= 0.3 is 12.0 Å². The van der Waals surface area contributed by atoms with E-state index in [9.17, 15) is 9.59 Å². The summed E-state index contributed by atoms with van der Waals surface area (Å²) in [5, 5.41) is 14.6. The maximum atomic E-state index is 11.6. The number of carboxylic acids is 1. The van der Waals surface area contributed by atoms with Crippen LogP contribution in [0.3, 0.4) is 0 Å². The number of carbonyl (C=O) groups is 2. The zero-order valence-electron chi connectivity index (χ0n) is 12.1. The normalized spacial score (nSPS) is 22.9. The summed E-state index contributed by atoms with van der Waals surface area (Å²) in [7, 11) is 0. The van der Waals surface area contributed by atoms with E-state index >= 15 is 0 Å². The molecular weight excluding hydrogens is 244 g/mol. The second-order valence-electron chi connectivity index (χ2n) is 5.91. The van der Waals surface area contributed by atoms with Gasteiger partial charge in [0.1, 0.15) is 0 Å². The van der Waals surface area contributed by atoms with E-state index in [2.05, 4.69) is 17.6 Å². The van der Waals surface area contributed by atoms with Crippen LogP contribution >= 0.6 is 0 Å². The van der Waals surface area contributed by atoms with E-state index in [4.69, 9.17) is 5.11 Å². The van der Waals surface area contributed by atoms with Crippen molar-refractivity contribution in [1.82, 2.24) is 10.6 Å². The molecule has 3 atom stereocenters. The Morgan fingerprint density at radius 1 is 1.37 bits per heavy atom. The quantitative estimate of drug-likeness (QED) is 0.633. The Labute approximate surface area is 115 Å². The van der Waals surface area contributed by atoms with Gasteiger partial charge in [0.15, 0.2) is 0 Å². The van der Waals surface area contributed by atoms with Crippen LogP contribution < -0.4 is 10.6 Å². The average Bonchev–Trinajstić information content (AvgIpc) is 3.02. The molecule has 19 heavy (non-hydrogen) atoms. The highest BCUT2D eigenvalue weighted by Crippen LogP contribution is 2.34. The van der Waals surface area contributed by atoms with Gasteiger partial charge in [-0.15, -0.1) is 0 Å². The fourth-order valence-corrected chi connectivity index (χ4v) is 2.39. The molecule has 0 aromatic heterocycles. The van der Waals surface area contributed by atoms with Gasteiger partial charge < -0.3 is 15.7 Å². The zero-order valence-corrected chi connectivity index (χ0v) is 12.1. The van der Waals surface area contributed by atoms with Crippen LogP contribution in [0.25, 0.3) is 0 Å². The van der Waals surface area contributed by atoms with Gasteiger partial charge in [0, 0.05) is 12.6 Å². The maximum absolute atomic E-state index is 11.6. The van der Waals surface area contributed by atoms with Crippen molar-refractivity contribution in [3.05, 3.63) is 0 Å². The molecule has 0 aliphatic heterocycles. The number of urea groups is 1.